The van der Waals surface area contributed by atoms with Gasteiger partial charge in [0.2, 0.25) is 5.91 Å². The van der Waals surface area contributed by atoms with Crippen LogP contribution < -0.4 is 0 Å². The van der Waals surface area contributed by atoms with E-state index in [1.54, 1.807) is 6.08 Å². The maximum absolute atomic E-state index is 11.9. The highest BCUT2D eigenvalue weighted by atomic mass is 79.9. The van der Waals surface area contributed by atoms with Crippen LogP contribution >= 0.6 is 27.3 Å². The first-order chi connectivity index (χ1) is 8.58. The Morgan fingerprint density at radius 2 is 2.28 bits per heavy atom. The number of hydrogen-bond donors (Lipinski definition) is 1. The van der Waals surface area contributed by atoms with E-state index in [1.165, 1.54) is 22.3 Å². The molecular weight excluding hydrogens is 318 g/mol. The van der Waals surface area contributed by atoms with Gasteiger partial charge in [0.1, 0.15) is 6.04 Å². The molecule has 0 bridgehead atoms. The molecule has 2 rings (SSSR count). The summed E-state index contributed by atoms with van der Waals surface area (Å²) in [6, 6.07) is 3.14. The number of hydrogen-bond acceptors (Lipinski definition) is 3. The van der Waals surface area contributed by atoms with E-state index in [0.29, 0.717) is 13.0 Å². The molecule has 1 saturated heterocycles. The predicted molar refractivity (Wildman–Crippen MR) is 73.4 cm³/mol. The Bertz CT molecular complexity index is 497. The zero-order valence-electron chi connectivity index (χ0n) is 9.51. The molecule has 4 nitrogen and oxygen atoms in total. The van der Waals surface area contributed by atoms with Crippen LogP contribution in [0.1, 0.15) is 17.7 Å². The van der Waals surface area contributed by atoms with Crippen molar-refractivity contribution in [2.75, 3.05) is 6.54 Å². The average molecular weight is 330 g/mol. The molecule has 1 amide bonds. The number of halogens is 1. The van der Waals surface area contributed by atoms with E-state index in [4.69, 9.17) is 5.11 Å². The Morgan fingerprint density at radius 1 is 1.50 bits per heavy atom. The van der Waals surface area contributed by atoms with Gasteiger partial charge in [-0.25, -0.2) is 4.79 Å². The summed E-state index contributed by atoms with van der Waals surface area (Å²) in [4.78, 5) is 25.3. The number of carboxylic acids is 1. The molecule has 1 aromatic rings. The fraction of sp³-hybridized carbons (Fsp3) is 0.333. The van der Waals surface area contributed by atoms with Crippen LogP contribution in [-0.4, -0.2) is 34.5 Å². The fourth-order valence-corrected chi connectivity index (χ4v) is 3.28. The van der Waals surface area contributed by atoms with Crippen LogP contribution in [0.2, 0.25) is 0 Å². The number of aliphatic carboxylic acids is 1. The molecule has 2 heterocycles. The molecule has 1 fully saturated rings. The summed E-state index contributed by atoms with van der Waals surface area (Å²) in [6.45, 7) is 0.522. The second-order valence-corrected chi connectivity index (χ2v) is 6.50. The molecule has 96 valence electrons. The molecule has 0 unspecified atom stereocenters. The Labute approximate surface area is 117 Å². The highest BCUT2D eigenvalue weighted by Gasteiger charge is 2.32. The van der Waals surface area contributed by atoms with Crippen molar-refractivity contribution in [3.05, 3.63) is 26.9 Å². The van der Waals surface area contributed by atoms with Crippen molar-refractivity contribution < 1.29 is 14.7 Å². The summed E-state index contributed by atoms with van der Waals surface area (Å²) >= 11 is 4.87. The summed E-state index contributed by atoms with van der Waals surface area (Å²) in [5, 5.41) is 9.00. The molecule has 1 atom stereocenters. The Kier molecular flexibility index (Phi) is 4.19. The van der Waals surface area contributed by atoms with Gasteiger partial charge in [-0.1, -0.05) is 0 Å². The topological polar surface area (TPSA) is 57.6 Å². The first kappa shape index (κ1) is 13.3. The van der Waals surface area contributed by atoms with Crippen molar-refractivity contribution in [1.82, 2.24) is 4.90 Å². The molecule has 1 N–H and O–H groups in total. The molecule has 18 heavy (non-hydrogen) atoms. The normalized spacial score (nSPS) is 19.6. The van der Waals surface area contributed by atoms with Crippen molar-refractivity contribution in [3.63, 3.8) is 0 Å². The van der Waals surface area contributed by atoms with Gasteiger partial charge in [-0.2, -0.15) is 0 Å². The molecule has 0 spiro atoms. The van der Waals surface area contributed by atoms with Crippen LogP contribution in [0.3, 0.4) is 0 Å². The van der Waals surface area contributed by atoms with Gasteiger partial charge in [0.05, 0.1) is 3.79 Å². The lowest BCUT2D eigenvalue weighted by Gasteiger charge is -2.19. The largest absolute Gasteiger partial charge is 0.480 e. The highest BCUT2D eigenvalue weighted by Crippen LogP contribution is 2.23. The lowest BCUT2D eigenvalue weighted by molar-refractivity contribution is -0.146. The average Bonchev–Trinajstić information content (AvgIpc) is 2.94. The summed E-state index contributed by atoms with van der Waals surface area (Å²) < 4.78 is 0.999. The van der Waals surface area contributed by atoms with E-state index < -0.39 is 12.0 Å². The first-order valence-corrected chi connectivity index (χ1v) is 7.15. The number of amides is 1. The van der Waals surface area contributed by atoms with E-state index in [2.05, 4.69) is 15.9 Å². The number of likely N-dealkylation sites (tertiary alicyclic amines) is 1. The number of thiophene rings is 1. The fourth-order valence-electron chi connectivity index (χ4n) is 1.95. The van der Waals surface area contributed by atoms with Gasteiger partial charge in [0.25, 0.3) is 0 Å². The molecular formula is C12H12BrNO3S. The van der Waals surface area contributed by atoms with Gasteiger partial charge in [-0.15, -0.1) is 11.3 Å². The van der Waals surface area contributed by atoms with E-state index >= 15 is 0 Å². The molecule has 0 radical (unpaired) electrons. The van der Waals surface area contributed by atoms with Crippen molar-refractivity contribution in [1.29, 1.82) is 0 Å². The smallest absolute Gasteiger partial charge is 0.326 e. The Morgan fingerprint density at radius 3 is 2.89 bits per heavy atom. The van der Waals surface area contributed by atoms with Crippen molar-refractivity contribution in [2.45, 2.75) is 18.9 Å². The SMILES string of the molecule is O=C(O)[C@H]1CCCN1C(=O)/C=C/c1ccc(Br)s1. The molecule has 1 aromatic heterocycles. The third-order valence-corrected chi connectivity index (χ3v) is 4.39. The van der Waals surface area contributed by atoms with E-state index in [1.807, 2.05) is 12.1 Å². The quantitative estimate of drug-likeness (QED) is 0.867. The monoisotopic (exact) mass is 329 g/mol. The molecule has 6 heteroatoms. The second kappa shape index (κ2) is 5.67. The van der Waals surface area contributed by atoms with Crippen LogP contribution in [-0.2, 0) is 9.59 Å². The standard InChI is InChI=1S/C12H12BrNO3S/c13-10-5-3-8(18-10)4-6-11(15)14-7-1-2-9(14)12(16)17/h3-6,9H,1-2,7H2,(H,16,17)/b6-4+/t9-/m1/s1. The number of rotatable bonds is 3. The zero-order valence-corrected chi connectivity index (χ0v) is 11.9. The summed E-state index contributed by atoms with van der Waals surface area (Å²) in [7, 11) is 0. The predicted octanol–water partition coefficient (Wildman–Crippen LogP) is 2.60. The lowest BCUT2D eigenvalue weighted by Crippen LogP contribution is -2.39. The minimum absolute atomic E-state index is 0.232. The lowest BCUT2D eigenvalue weighted by atomic mass is 10.2. The minimum Gasteiger partial charge on any atom is -0.480 e. The van der Waals surface area contributed by atoms with Crippen molar-refractivity contribution >= 4 is 45.2 Å². The molecule has 1 aliphatic rings. The van der Waals surface area contributed by atoms with E-state index in [-0.39, 0.29) is 5.91 Å². The first-order valence-electron chi connectivity index (χ1n) is 5.55. The third-order valence-electron chi connectivity index (χ3n) is 2.81. The van der Waals surface area contributed by atoms with Gasteiger partial charge in [0, 0.05) is 17.5 Å². The maximum atomic E-state index is 11.9. The summed E-state index contributed by atoms with van der Waals surface area (Å²) in [5.74, 6) is -1.16. The number of carbonyl (C=O) groups excluding carboxylic acids is 1. The molecule has 0 saturated carbocycles. The molecule has 0 aromatic carbocycles. The third kappa shape index (κ3) is 3.00. The van der Waals surface area contributed by atoms with Gasteiger partial charge in [0.15, 0.2) is 0 Å². The van der Waals surface area contributed by atoms with Crippen LogP contribution in [0.4, 0.5) is 0 Å². The van der Waals surface area contributed by atoms with Crippen LogP contribution in [0, 0.1) is 0 Å². The van der Waals surface area contributed by atoms with Gasteiger partial charge >= 0.3 is 5.97 Å². The summed E-state index contributed by atoms with van der Waals surface area (Å²) in [6.07, 6.45) is 4.45. The van der Waals surface area contributed by atoms with Gasteiger partial charge in [-0.3, -0.25) is 4.79 Å². The Balaban J connectivity index is 2.03. The second-order valence-electron chi connectivity index (χ2n) is 4.00. The number of carboxylic acid groups (broad SMARTS) is 1. The van der Waals surface area contributed by atoms with Crippen molar-refractivity contribution in [2.24, 2.45) is 0 Å². The number of nitrogens with zero attached hydrogens (tertiary/aromatic N) is 1. The van der Waals surface area contributed by atoms with E-state index in [9.17, 15) is 9.59 Å². The van der Waals surface area contributed by atoms with E-state index in [0.717, 1.165) is 15.1 Å². The van der Waals surface area contributed by atoms with Crippen LogP contribution in [0.5, 0.6) is 0 Å². The molecule has 0 aliphatic carbocycles. The zero-order chi connectivity index (χ0) is 13.1. The summed E-state index contributed by atoms with van der Waals surface area (Å²) in [5.41, 5.74) is 0. The van der Waals surface area contributed by atoms with Gasteiger partial charge in [-0.05, 0) is 47.0 Å². The minimum atomic E-state index is -0.923. The van der Waals surface area contributed by atoms with Crippen LogP contribution in [0.25, 0.3) is 6.08 Å². The van der Waals surface area contributed by atoms with Crippen molar-refractivity contribution in [3.8, 4) is 0 Å². The molecule has 1 aliphatic heterocycles. The maximum Gasteiger partial charge on any atom is 0.326 e. The number of carbonyl (C=O) groups is 2. The van der Waals surface area contributed by atoms with Crippen LogP contribution in [0.15, 0.2) is 22.0 Å². The van der Waals surface area contributed by atoms with Gasteiger partial charge < -0.3 is 10.0 Å². The highest BCUT2D eigenvalue weighted by molar-refractivity contribution is 9.11. The Hall–Kier alpha value is -1.14.